The van der Waals surface area contributed by atoms with E-state index in [1.54, 1.807) is 36.0 Å². The highest BCUT2D eigenvalue weighted by molar-refractivity contribution is 7.98. The monoisotopic (exact) mass is 371 g/mol. The van der Waals surface area contributed by atoms with Crippen LogP contribution >= 0.6 is 11.8 Å². The number of carbonyl (C=O) groups excluding carboxylic acids is 2. The maximum Gasteiger partial charge on any atom is 0.343 e. The topological polar surface area (TPSA) is 64.6 Å². The zero-order valence-electron chi connectivity index (χ0n) is 14.7. The number of hydrogen-bond donors (Lipinski definition) is 1. The maximum absolute atomic E-state index is 12.7. The summed E-state index contributed by atoms with van der Waals surface area (Å²) in [5.41, 5.74) is 0.934. The van der Waals surface area contributed by atoms with E-state index in [0.29, 0.717) is 16.9 Å². The van der Waals surface area contributed by atoms with Gasteiger partial charge in [-0.3, -0.25) is 4.79 Å². The van der Waals surface area contributed by atoms with E-state index in [0.717, 1.165) is 17.7 Å². The van der Waals surface area contributed by atoms with Crippen LogP contribution < -0.4 is 10.1 Å². The Balaban J connectivity index is 1.84. The zero-order valence-corrected chi connectivity index (χ0v) is 15.5. The van der Waals surface area contributed by atoms with Gasteiger partial charge in [-0.1, -0.05) is 30.3 Å². The summed E-state index contributed by atoms with van der Waals surface area (Å²) in [5.74, 6) is -0.461. The fraction of sp³-hybridized carbons (Fsp3) is 0.300. The van der Waals surface area contributed by atoms with E-state index in [1.807, 2.05) is 30.5 Å². The lowest BCUT2D eigenvalue weighted by atomic mass is 10.1. The summed E-state index contributed by atoms with van der Waals surface area (Å²) < 4.78 is 10.9. The quantitative estimate of drug-likeness (QED) is 0.595. The summed E-state index contributed by atoms with van der Waals surface area (Å²) in [6, 6.07) is 14.5. The van der Waals surface area contributed by atoms with Crippen molar-refractivity contribution >= 4 is 23.6 Å². The molecule has 0 aliphatic heterocycles. The Hall–Kier alpha value is -2.47. The predicted octanol–water partition coefficient (Wildman–Crippen LogP) is 3.59. The van der Waals surface area contributed by atoms with Crippen LogP contribution in [-0.4, -0.2) is 31.3 Å². The van der Waals surface area contributed by atoms with E-state index in [2.05, 4.69) is 5.32 Å². The molecular weight excluding hydrogens is 350 g/mol. The van der Waals surface area contributed by atoms with Crippen molar-refractivity contribution < 1.29 is 19.1 Å². The molecule has 1 N–H and O–H groups in total. The first kappa shape index (κ1) is 18.3. The highest BCUT2D eigenvalue weighted by Gasteiger charge is 2.31. The predicted molar refractivity (Wildman–Crippen MR) is 101 cm³/mol. The lowest BCUT2D eigenvalue weighted by Crippen LogP contribution is -2.33. The Morgan fingerprint density at radius 1 is 1.15 bits per heavy atom. The minimum atomic E-state index is -0.991. The summed E-state index contributed by atoms with van der Waals surface area (Å²) in [5, 5.41) is 2.91. The molecule has 1 aliphatic rings. The van der Waals surface area contributed by atoms with Gasteiger partial charge in [-0.2, -0.15) is 0 Å². The van der Waals surface area contributed by atoms with E-state index >= 15 is 0 Å². The van der Waals surface area contributed by atoms with Gasteiger partial charge in [-0.15, -0.1) is 11.8 Å². The van der Waals surface area contributed by atoms with Crippen LogP contribution in [0.5, 0.6) is 5.75 Å². The molecule has 3 rings (SSSR count). The Morgan fingerprint density at radius 3 is 2.50 bits per heavy atom. The van der Waals surface area contributed by atoms with E-state index < -0.39 is 12.1 Å². The summed E-state index contributed by atoms with van der Waals surface area (Å²) in [7, 11) is 1.50. The van der Waals surface area contributed by atoms with Crippen LogP contribution in [0.3, 0.4) is 0 Å². The van der Waals surface area contributed by atoms with E-state index in [1.165, 1.54) is 7.11 Å². The second-order valence-corrected chi connectivity index (χ2v) is 6.92. The van der Waals surface area contributed by atoms with Crippen LogP contribution in [-0.2, 0) is 9.53 Å². The largest absolute Gasteiger partial charge is 0.496 e. The van der Waals surface area contributed by atoms with Gasteiger partial charge < -0.3 is 14.8 Å². The Labute approximate surface area is 157 Å². The van der Waals surface area contributed by atoms with E-state index in [4.69, 9.17) is 9.47 Å². The number of benzene rings is 2. The van der Waals surface area contributed by atoms with Crippen molar-refractivity contribution in [3.8, 4) is 5.75 Å². The first-order valence-electron chi connectivity index (χ1n) is 8.40. The summed E-state index contributed by atoms with van der Waals surface area (Å²) in [4.78, 5) is 26.3. The van der Waals surface area contributed by atoms with Crippen LogP contribution in [0.2, 0.25) is 0 Å². The number of amides is 1. The SMILES string of the molecule is COc1cc(SC)ccc1C(=O)O[C@H](C(=O)NC1CC1)c1ccccc1. The molecule has 0 aromatic heterocycles. The van der Waals surface area contributed by atoms with Gasteiger partial charge in [-0.05, 0) is 37.3 Å². The number of ether oxygens (including phenoxy) is 2. The van der Waals surface area contributed by atoms with Gasteiger partial charge in [0.15, 0.2) is 0 Å². The molecule has 136 valence electrons. The molecule has 0 saturated heterocycles. The first-order valence-corrected chi connectivity index (χ1v) is 9.63. The van der Waals surface area contributed by atoms with Crippen LogP contribution in [0.1, 0.15) is 34.9 Å². The number of carbonyl (C=O) groups is 2. The van der Waals surface area contributed by atoms with Crippen LogP contribution in [0.15, 0.2) is 53.4 Å². The van der Waals surface area contributed by atoms with Crippen molar-refractivity contribution in [2.24, 2.45) is 0 Å². The summed E-state index contributed by atoms with van der Waals surface area (Å²) in [6.45, 7) is 0. The fourth-order valence-electron chi connectivity index (χ4n) is 2.54. The molecule has 1 saturated carbocycles. The smallest absolute Gasteiger partial charge is 0.343 e. The lowest BCUT2D eigenvalue weighted by molar-refractivity contribution is -0.130. The number of esters is 1. The normalized spacial score (nSPS) is 14.4. The molecular formula is C20H21NO4S. The lowest BCUT2D eigenvalue weighted by Gasteiger charge is -2.19. The molecule has 1 aliphatic carbocycles. The van der Waals surface area contributed by atoms with Gasteiger partial charge in [0.05, 0.1) is 7.11 Å². The van der Waals surface area contributed by atoms with Gasteiger partial charge in [0.2, 0.25) is 6.10 Å². The molecule has 0 bridgehead atoms. The van der Waals surface area contributed by atoms with Crippen molar-refractivity contribution in [3.63, 3.8) is 0 Å². The van der Waals surface area contributed by atoms with E-state index in [9.17, 15) is 9.59 Å². The molecule has 1 amide bonds. The molecule has 6 heteroatoms. The highest BCUT2D eigenvalue weighted by Crippen LogP contribution is 2.29. The molecule has 0 spiro atoms. The molecule has 1 fully saturated rings. The molecule has 5 nitrogen and oxygen atoms in total. The molecule has 2 aromatic carbocycles. The third-order valence-corrected chi connectivity index (χ3v) is 4.84. The number of nitrogens with one attached hydrogen (secondary N) is 1. The third kappa shape index (κ3) is 4.38. The molecule has 1 atom stereocenters. The van der Waals surface area contributed by atoms with Crippen LogP contribution in [0, 0.1) is 0 Å². The average molecular weight is 371 g/mol. The van der Waals surface area contributed by atoms with Crippen molar-refractivity contribution in [2.45, 2.75) is 29.9 Å². The standard InChI is InChI=1S/C20H21NO4S/c1-24-17-12-15(26-2)10-11-16(17)20(23)25-18(13-6-4-3-5-7-13)19(22)21-14-8-9-14/h3-7,10-12,14,18H,8-9H2,1-2H3,(H,21,22)/t18-/m0/s1. The Bertz CT molecular complexity index is 790. The van der Waals surface area contributed by atoms with Crippen molar-refractivity contribution in [1.82, 2.24) is 5.32 Å². The molecule has 0 unspecified atom stereocenters. The van der Waals surface area contributed by atoms with Crippen molar-refractivity contribution in [2.75, 3.05) is 13.4 Å². The molecule has 0 radical (unpaired) electrons. The number of thioether (sulfide) groups is 1. The minimum Gasteiger partial charge on any atom is -0.496 e. The zero-order chi connectivity index (χ0) is 18.5. The number of rotatable bonds is 7. The summed E-state index contributed by atoms with van der Waals surface area (Å²) in [6.07, 6.45) is 2.88. The van der Waals surface area contributed by atoms with Gasteiger partial charge in [0.25, 0.3) is 5.91 Å². The van der Waals surface area contributed by atoms with Gasteiger partial charge in [0, 0.05) is 16.5 Å². The van der Waals surface area contributed by atoms with Gasteiger partial charge in [0.1, 0.15) is 11.3 Å². The molecule has 26 heavy (non-hydrogen) atoms. The average Bonchev–Trinajstić information content (AvgIpc) is 3.49. The second-order valence-electron chi connectivity index (χ2n) is 6.05. The van der Waals surface area contributed by atoms with Crippen molar-refractivity contribution in [3.05, 3.63) is 59.7 Å². The summed E-state index contributed by atoms with van der Waals surface area (Å²) >= 11 is 1.55. The Kier molecular flexibility index (Phi) is 5.83. The first-order chi connectivity index (χ1) is 12.6. The van der Waals surface area contributed by atoms with Crippen LogP contribution in [0.4, 0.5) is 0 Å². The number of methoxy groups -OCH3 is 1. The van der Waals surface area contributed by atoms with Gasteiger partial charge in [-0.25, -0.2) is 4.79 Å². The minimum absolute atomic E-state index is 0.183. The third-order valence-electron chi connectivity index (χ3n) is 4.12. The van der Waals surface area contributed by atoms with Crippen molar-refractivity contribution in [1.29, 1.82) is 0 Å². The second kappa shape index (κ2) is 8.27. The van der Waals surface area contributed by atoms with E-state index in [-0.39, 0.29) is 11.9 Å². The highest BCUT2D eigenvalue weighted by atomic mass is 32.2. The molecule has 2 aromatic rings. The molecule has 0 heterocycles. The Morgan fingerprint density at radius 2 is 1.88 bits per heavy atom. The number of hydrogen-bond acceptors (Lipinski definition) is 5. The maximum atomic E-state index is 12.7. The van der Waals surface area contributed by atoms with Crippen LogP contribution in [0.25, 0.3) is 0 Å². The fourth-order valence-corrected chi connectivity index (χ4v) is 2.97. The van der Waals surface area contributed by atoms with Gasteiger partial charge >= 0.3 is 5.97 Å².